The zero-order valence-corrected chi connectivity index (χ0v) is 8.71. The highest BCUT2D eigenvalue weighted by Crippen LogP contribution is 1.99. The summed E-state index contributed by atoms with van der Waals surface area (Å²) in [5.74, 6) is -0.724. The molecule has 0 aromatic carbocycles. The van der Waals surface area contributed by atoms with Crippen LogP contribution in [0.2, 0.25) is 0 Å². The molecule has 78 valence electrons. The van der Waals surface area contributed by atoms with Gasteiger partial charge in [0.15, 0.2) is 0 Å². The van der Waals surface area contributed by atoms with E-state index in [0.717, 1.165) is 19.6 Å². The Hall–Kier alpha value is -0.610. The lowest BCUT2D eigenvalue weighted by Crippen LogP contribution is -2.49. The fourth-order valence-electron chi connectivity index (χ4n) is 1.34. The normalized spacial score (nSPS) is 23.2. The predicted molar refractivity (Wildman–Crippen MR) is 52.9 cm³/mol. The van der Waals surface area contributed by atoms with Gasteiger partial charge >= 0.3 is 5.97 Å². The molecule has 0 saturated carbocycles. The molecule has 2 N–H and O–H groups in total. The molecule has 1 aliphatic heterocycles. The second kappa shape index (κ2) is 6.86. The molecule has 4 nitrogen and oxygen atoms in total. The van der Waals surface area contributed by atoms with Gasteiger partial charge in [0.2, 0.25) is 0 Å². The third-order valence-electron chi connectivity index (χ3n) is 1.88. The molecule has 0 aromatic rings. The zero-order valence-electron chi connectivity index (χ0n) is 8.71. The first kappa shape index (κ1) is 12.4. The van der Waals surface area contributed by atoms with Crippen molar-refractivity contribution < 1.29 is 9.90 Å². The molecule has 0 aromatic heterocycles. The Bertz CT molecular complexity index is 151. The van der Waals surface area contributed by atoms with Crippen molar-refractivity contribution in [3.8, 4) is 0 Å². The standard InChI is InChI=1S/C7H14N2O2.C2H6/c1-9-3-2-8-6(5-9)4-7(10)11;1-2/h6,8H,2-5H2,1H3,(H,10,11);1-2H3. The van der Waals surface area contributed by atoms with Gasteiger partial charge in [0.25, 0.3) is 0 Å². The maximum atomic E-state index is 10.3. The van der Waals surface area contributed by atoms with Crippen molar-refractivity contribution >= 4 is 5.97 Å². The summed E-state index contributed by atoms with van der Waals surface area (Å²) in [5, 5.41) is 11.7. The Kier molecular flexibility index (Phi) is 6.54. The summed E-state index contributed by atoms with van der Waals surface area (Å²) in [6, 6.07) is 0.131. The van der Waals surface area contributed by atoms with Crippen LogP contribution in [0.4, 0.5) is 0 Å². The minimum Gasteiger partial charge on any atom is -0.481 e. The van der Waals surface area contributed by atoms with Crippen LogP contribution < -0.4 is 5.32 Å². The van der Waals surface area contributed by atoms with Crippen LogP contribution in [-0.4, -0.2) is 48.7 Å². The Morgan fingerprint density at radius 2 is 2.23 bits per heavy atom. The summed E-state index contributed by atoms with van der Waals surface area (Å²) in [7, 11) is 2.01. The van der Waals surface area contributed by atoms with Crippen LogP contribution in [-0.2, 0) is 4.79 Å². The van der Waals surface area contributed by atoms with Gasteiger partial charge in [-0.25, -0.2) is 0 Å². The van der Waals surface area contributed by atoms with Crippen molar-refractivity contribution in [2.45, 2.75) is 26.3 Å². The maximum absolute atomic E-state index is 10.3. The van der Waals surface area contributed by atoms with E-state index in [1.54, 1.807) is 0 Å². The molecule has 0 radical (unpaired) electrons. The lowest BCUT2D eigenvalue weighted by molar-refractivity contribution is -0.137. The second-order valence-corrected chi connectivity index (χ2v) is 3.01. The number of carboxylic acid groups (broad SMARTS) is 1. The molecule has 0 spiro atoms. The predicted octanol–water partition coefficient (Wildman–Crippen LogP) is 0.391. The third-order valence-corrected chi connectivity index (χ3v) is 1.88. The molecule has 13 heavy (non-hydrogen) atoms. The first-order valence-corrected chi connectivity index (χ1v) is 4.82. The molecule has 1 aliphatic rings. The van der Waals surface area contributed by atoms with Gasteiger partial charge in [-0.3, -0.25) is 4.79 Å². The van der Waals surface area contributed by atoms with Crippen molar-refractivity contribution in [1.29, 1.82) is 0 Å². The van der Waals surface area contributed by atoms with E-state index in [2.05, 4.69) is 10.2 Å². The number of rotatable bonds is 2. The van der Waals surface area contributed by atoms with Crippen LogP contribution in [0.3, 0.4) is 0 Å². The summed E-state index contributed by atoms with van der Waals surface area (Å²) in [6.07, 6.45) is 0.227. The number of carboxylic acids is 1. The monoisotopic (exact) mass is 188 g/mol. The molecule has 1 heterocycles. The van der Waals surface area contributed by atoms with Gasteiger partial charge in [-0.05, 0) is 7.05 Å². The van der Waals surface area contributed by atoms with Gasteiger partial charge in [-0.1, -0.05) is 13.8 Å². The summed E-state index contributed by atoms with van der Waals surface area (Å²) < 4.78 is 0. The van der Waals surface area contributed by atoms with E-state index in [-0.39, 0.29) is 12.5 Å². The molecule has 1 atom stereocenters. The topological polar surface area (TPSA) is 52.6 Å². The van der Waals surface area contributed by atoms with Gasteiger partial charge in [0, 0.05) is 25.7 Å². The van der Waals surface area contributed by atoms with E-state index in [4.69, 9.17) is 5.11 Å². The highest BCUT2D eigenvalue weighted by Gasteiger charge is 2.18. The molecule has 0 aliphatic carbocycles. The SMILES string of the molecule is CC.CN1CCNC(CC(=O)O)C1. The van der Waals surface area contributed by atoms with Gasteiger partial charge in [0.1, 0.15) is 0 Å². The van der Waals surface area contributed by atoms with Crippen molar-refractivity contribution in [2.24, 2.45) is 0 Å². The molecular formula is C9H20N2O2. The van der Waals surface area contributed by atoms with Crippen LogP contribution >= 0.6 is 0 Å². The van der Waals surface area contributed by atoms with Crippen molar-refractivity contribution in [3.05, 3.63) is 0 Å². The molecular weight excluding hydrogens is 168 g/mol. The van der Waals surface area contributed by atoms with Gasteiger partial charge < -0.3 is 15.3 Å². The number of carbonyl (C=O) groups is 1. The summed E-state index contributed by atoms with van der Waals surface area (Å²) >= 11 is 0. The number of hydrogen-bond acceptors (Lipinski definition) is 3. The Balaban J connectivity index is 0.000000671. The molecule has 1 saturated heterocycles. The molecule has 1 rings (SSSR count). The first-order valence-electron chi connectivity index (χ1n) is 4.82. The minimum atomic E-state index is -0.724. The lowest BCUT2D eigenvalue weighted by Gasteiger charge is -2.29. The fourth-order valence-corrected chi connectivity index (χ4v) is 1.34. The van der Waals surface area contributed by atoms with Crippen molar-refractivity contribution in [3.63, 3.8) is 0 Å². The largest absolute Gasteiger partial charge is 0.481 e. The highest BCUT2D eigenvalue weighted by molar-refractivity contribution is 5.67. The number of aliphatic carboxylic acids is 1. The molecule has 0 amide bonds. The highest BCUT2D eigenvalue weighted by atomic mass is 16.4. The van der Waals surface area contributed by atoms with Crippen molar-refractivity contribution in [2.75, 3.05) is 26.7 Å². The van der Waals surface area contributed by atoms with E-state index in [0.29, 0.717) is 0 Å². The molecule has 4 heteroatoms. The van der Waals surface area contributed by atoms with E-state index in [9.17, 15) is 4.79 Å². The zero-order chi connectivity index (χ0) is 10.3. The van der Waals surface area contributed by atoms with Crippen LogP contribution in [0.1, 0.15) is 20.3 Å². The van der Waals surface area contributed by atoms with Crippen LogP contribution in [0.25, 0.3) is 0 Å². The Morgan fingerprint density at radius 3 is 2.69 bits per heavy atom. The number of likely N-dealkylation sites (N-methyl/N-ethyl adjacent to an activating group) is 1. The van der Waals surface area contributed by atoms with E-state index < -0.39 is 5.97 Å². The first-order chi connectivity index (χ1) is 6.18. The number of nitrogens with zero attached hydrogens (tertiary/aromatic N) is 1. The minimum absolute atomic E-state index is 0.131. The van der Waals surface area contributed by atoms with Crippen LogP contribution in [0.15, 0.2) is 0 Å². The molecule has 1 fully saturated rings. The second-order valence-electron chi connectivity index (χ2n) is 3.01. The number of piperazine rings is 1. The van der Waals surface area contributed by atoms with E-state index >= 15 is 0 Å². The Morgan fingerprint density at radius 1 is 1.62 bits per heavy atom. The summed E-state index contributed by atoms with van der Waals surface area (Å²) in [5.41, 5.74) is 0. The van der Waals surface area contributed by atoms with Crippen LogP contribution in [0, 0.1) is 0 Å². The average Bonchev–Trinajstić information content (AvgIpc) is 2.06. The Labute approximate surface area is 79.9 Å². The van der Waals surface area contributed by atoms with E-state index in [1.165, 1.54) is 0 Å². The average molecular weight is 188 g/mol. The van der Waals surface area contributed by atoms with Gasteiger partial charge in [-0.15, -0.1) is 0 Å². The third kappa shape index (κ3) is 5.60. The van der Waals surface area contributed by atoms with E-state index in [1.807, 2.05) is 20.9 Å². The fraction of sp³-hybridized carbons (Fsp3) is 0.889. The number of nitrogens with one attached hydrogen (secondary N) is 1. The van der Waals surface area contributed by atoms with Gasteiger partial charge in [0.05, 0.1) is 6.42 Å². The maximum Gasteiger partial charge on any atom is 0.304 e. The quantitative estimate of drug-likeness (QED) is 0.658. The van der Waals surface area contributed by atoms with Gasteiger partial charge in [-0.2, -0.15) is 0 Å². The van der Waals surface area contributed by atoms with Crippen molar-refractivity contribution in [1.82, 2.24) is 10.2 Å². The lowest BCUT2D eigenvalue weighted by atomic mass is 10.1. The number of hydrogen-bond donors (Lipinski definition) is 2. The van der Waals surface area contributed by atoms with Crippen LogP contribution in [0.5, 0.6) is 0 Å². The summed E-state index contributed by atoms with van der Waals surface area (Å²) in [6.45, 7) is 6.75. The summed E-state index contributed by atoms with van der Waals surface area (Å²) in [4.78, 5) is 12.5. The molecule has 0 bridgehead atoms. The molecule has 1 unspecified atom stereocenters. The smallest absolute Gasteiger partial charge is 0.304 e.